The number of carbonyl (C=O) groups excluding carboxylic acids is 2. The van der Waals surface area contributed by atoms with Gasteiger partial charge in [-0.1, -0.05) is 30.3 Å². The molecule has 1 aliphatic heterocycles. The van der Waals surface area contributed by atoms with E-state index in [-0.39, 0.29) is 18.4 Å². The largest absolute Gasteiger partial charge is 0.376 e. The Bertz CT molecular complexity index is 727. The summed E-state index contributed by atoms with van der Waals surface area (Å²) in [4.78, 5) is 30.3. The lowest BCUT2D eigenvalue weighted by Gasteiger charge is -2.16. The van der Waals surface area contributed by atoms with E-state index in [4.69, 9.17) is 0 Å². The van der Waals surface area contributed by atoms with Gasteiger partial charge in [0.25, 0.3) is 5.91 Å². The molecule has 0 saturated carbocycles. The van der Waals surface area contributed by atoms with E-state index in [2.05, 4.69) is 15.6 Å². The Kier molecular flexibility index (Phi) is 5.61. The summed E-state index contributed by atoms with van der Waals surface area (Å²) < 4.78 is 0. The maximum Gasteiger partial charge on any atom is 0.270 e. The molecule has 2 heterocycles. The summed E-state index contributed by atoms with van der Waals surface area (Å²) in [5.41, 5.74) is 2.07. The first kappa shape index (κ1) is 17.0. The molecule has 130 valence electrons. The van der Waals surface area contributed by atoms with E-state index < -0.39 is 0 Å². The minimum Gasteiger partial charge on any atom is -0.376 e. The Labute approximate surface area is 147 Å². The SMILES string of the molecule is O=C(NCc1ccccc1)c1cc(NCC(=O)N2CCCC2)ccn1. The van der Waals surface area contributed by atoms with Gasteiger partial charge in [0, 0.05) is 31.5 Å². The number of rotatable bonds is 6. The van der Waals surface area contributed by atoms with Crippen molar-refractivity contribution >= 4 is 17.5 Å². The van der Waals surface area contributed by atoms with Gasteiger partial charge in [0.05, 0.1) is 6.54 Å². The Balaban J connectivity index is 1.53. The molecule has 0 spiro atoms. The van der Waals surface area contributed by atoms with E-state index in [0.717, 1.165) is 31.5 Å². The van der Waals surface area contributed by atoms with E-state index >= 15 is 0 Å². The molecule has 1 aromatic heterocycles. The number of amides is 2. The Morgan fingerprint density at radius 1 is 1.08 bits per heavy atom. The molecular weight excluding hydrogens is 316 g/mol. The third-order valence-electron chi connectivity index (χ3n) is 4.19. The van der Waals surface area contributed by atoms with Crippen molar-refractivity contribution in [1.29, 1.82) is 0 Å². The zero-order chi connectivity index (χ0) is 17.5. The molecule has 2 aromatic rings. The van der Waals surface area contributed by atoms with Crippen molar-refractivity contribution in [3.63, 3.8) is 0 Å². The molecule has 1 aromatic carbocycles. The lowest BCUT2D eigenvalue weighted by Crippen LogP contribution is -2.33. The average molecular weight is 338 g/mol. The van der Waals surface area contributed by atoms with E-state index in [0.29, 0.717) is 17.9 Å². The van der Waals surface area contributed by atoms with Gasteiger partial charge in [-0.25, -0.2) is 0 Å². The molecule has 2 N–H and O–H groups in total. The van der Waals surface area contributed by atoms with Gasteiger partial charge in [-0.15, -0.1) is 0 Å². The molecule has 6 nitrogen and oxygen atoms in total. The maximum atomic E-state index is 12.2. The van der Waals surface area contributed by atoms with Gasteiger partial charge in [0.2, 0.25) is 5.91 Å². The minimum atomic E-state index is -0.238. The van der Waals surface area contributed by atoms with Crippen LogP contribution < -0.4 is 10.6 Å². The number of nitrogens with one attached hydrogen (secondary N) is 2. The number of anilines is 1. The fraction of sp³-hybridized carbons (Fsp3) is 0.316. The van der Waals surface area contributed by atoms with Crippen LogP contribution in [0, 0.1) is 0 Å². The summed E-state index contributed by atoms with van der Waals surface area (Å²) in [6.45, 7) is 2.36. The summed E-state index contributed by atoms with van der Waals surface area (Å²) in [6, 6.07) is 13.1. The van der Waals surface area contributed by atoms with E-state index in [9.17, 15) is 9.59 Å². The van der Waals surface area contributed by atoms with Crippen molar-refractivity contribution in [3.8, 4) is 0 Å². The first-order valence-corrected chi connectivity index (χ1v) is 8.52. The van der Waals surface area contributed by atoms with Gasteiger partial charge in [-0.3, -0.25) is 14.6 Å². The number of aromatic nitrogens is 1. The molecule has 0 bridgehead atoms. The molecule has 2 amide bonds. The van der Waals surface area contributed by atoms with Crippen molar-refractivity contribution in [2.45, 2.75) is 19.4 Å². The highest BCUT2D eigenvalue weighted by Crippen LogP contribution is 2.10. The summed E-state index contributed by atoms with van der Waals surface area (Å²) in [5.74, 6) is -0.150. The van der Waals surface area contributed by atoms with E-state index in [1.165, 1.54) is 0 Å². The monoisotopic (exact) mass is 338 g/mol. The quantitative estimate of drug-likeness (QED) is 0.845. The van der Waals surface area contributed by atoms with Crippen molar-refractivity contribution in [2.24, 2.45) is 0 Å². The van der Waals surface area contributed by atoms with Gasteiger partial charge < -0.3 is 15.5 Å². The Hall–Kier alpha value is -2.89. The van der Waals surface area contributed by atoms with Crippen LogP contribution in [0.4, 0.5) is 5.69 Å². The van der Waals surface area contributed by atoms with E-state index in [1.807, 2.05) is 35.2 Å². The third-order valence-corrected chi connectivity index (χ3v) is 4.19. The lowest BCUT2D eigenvalue weighted by atomic mass is 10.2. The van der Waals surface area contributed by atoms with Crippen molar-refractivity contribution in [1.82, 2.24) is 15.2 Å². The van der Waals surface area contributed by atoms with Crippen LogP contribution in [0.5, 0.6) is 0 Å². The summed E-state index contributed by atoms with van der Waals surface area (Å²) in [6.07, 6.45) is 3.72. The van der Waals surface area contributed by atoms with Crippen LogP contribution in [0.15, 0.2) is 48.7 Å². The van der Waals surface area contributed by atoms with Crippen LogP contribution >= 0.6 is 0 Å². The van der Waals surface area contributed by atoms with Crippen molar-refractivity contribution in [2.75, 3.05) is 25.0 Å². The molecular formula is C19H22N4O2. The standard InChI is InChI=1S/C19H22N4O2/c24-18(23-10-4-5-11-23)14-21-16-8-9-20-17(12-16)19(25)22-13-15-6-2-1-3-7-15/h1-3,6-9,12H,4-5,10-11,13-14H2,(H,20,21)(H,22,25). The van der Waals surface area contributed by atoms with Gasteiger partial charge in [-0.2, -0.15) is 0 Å². The Morgan fingerprint density at radius 3 is 2.60 bits per heavy atom. The van der Waals surface area contributed by atoms with Gasteiger partial charge in [0.1, 0.15) is 5.69 Å². The fourth-order valence-corrected chi connectivity index (χ4v) is 2.79. The second kappa shape index (κ2) is 8.28. The van der Waals surface area contributed by atoms with Crippen molar-refractivity contribution < 1.29 is 9.59 Å². The first-order valence-electron chi connectivity index (χ1n) is 8.52. The van der Waals surface area contributed by atoms with Crippen LogP contribution in [0.25, 0.3) is 0 Å². The maximum absolute atomic E-state index is 12.2. The molecule has 3 rings (SSSR count). The molecule has 6 heteroatoms. The molecule has 0 atom stereocenters. The molecule has 0 unspecified atom stereocenters. The number of hydrogen-bond acceptors (Lipinski definition) is 4. The summed E-state index contributed by atoms with van der Waals surface area (Å²) in [7, 11) is 0. The highest BCUT2D eigenvalue weighted by Gasteiger charge is 2.17. The predicted octanol–water partition coefficient (Wildman–Crippen LogP) is 2.05. The number of hydrogen-bond donors (Lipinski definition) is 2. The molecule has 0 radical (unpaired) electrons. The average Bonchev–Trinajstić information content (AvgIpc) is 3.20. The predicted molar refractivity (Wildman–Crippen MR) is 96.2 cm³/mol. The molecule has 1 aliphatic rings. The third kappa shape index (κ3) is 4.79. The molecule has 1 fully saturated rings. The normalized spacial score (nSPS) is 13.5. The molecule has 0 aliphatic carbocycles. The lowest BCUT2D eigenvalue weighted by molar-refractivity contribution is -0.128. The summed E-state index contributed by atoms with van der Waals surface area (Å²) in [5, 5.41) is 5.93. The van der Waals surface area contributed by atoms with Crippen LogP contribution in [-0.2, 0) is 11.3 Å². The second-order valence-corrected chi connectivity index (χ2v) is 6.04. The number of likely N-dealkylation sites (tertiary alicyclic amines) is 1. The van der Waals surface area contributed by atoms with Gasteiger partial charge in [0.15, 0.2) is 0 Å². The topological polar surface area (TPSA) is 74.3 Å². The first-order chi connectivity index (χ1) is 12.2. The minimum absolute atomic E-state index is 0.0874. The smallest absolute Gasteiger partial charge is 0.270 e. The number of benzene rings is 1. The fourth-order valence-electron chi connectivity index (χ4n) is 2.79. The summed E-state index contributed by atoms with van der Waals surface area (Å²) >= 11 is 0. The molecule has 25 heavy (non-hydrogen) atoms. The number of pyridine rings is 1. The zero-order valence-corrected chi connectivity index (χ0v) is 14.1. The van der Waals surface area contributed by atoms with Gasteiger partial charge >= 0.3 is 0 Å². The number of nitrogens with zero attached hydrogens (tertiary/aromatic N) is 2. The van der Waals surface area contributed by atoms with Crippen LogP contribution in [0.3, 0.4) is 0 Å². The highest BCUT2D eigenvalue weighted by atomic mass is 16.2. The highest BCUT2D eigenvalue weighted by molar-refractivity contribution is 5.93. The van der Waals surface area contributed by atoms with Crippen molar-refractivity contribution in [3.05, 3.63) is 59.9 Å². The second-order valence-electron chi connectivity index (χ2n) is 6.04. The van der Waals surface area contributed by atoms with Crippen LogP contribution in [0.1, 0.15) is 28.9 Å². The van der Waals surface area contributed by atoms with E-state index in [1.54, 1.807) is 18.3 Å². The zero-order valence-electron chi connectivity index (χ0n) is 14.1. The van der Waals surface area contributed by atoms with Crippen LogP contribution in [0.2, 0.25) is 0 Å². The van der Waals surface area contributed by atoms with Gasteiger partial charge in [-0.05, 0) is 30.5 Å². The van der Waals surface area contributed by atoms with Crippen LogP contribution in [-0.4, -0.2) is 41.3 Å². The Morgan fingerprint density at radius 2 is 1.84 bits per heavy atom. The molecule has 1 saturated heterocycles. The number of carbonyl (C=O) groups is 2.